The van der Waals surface area contributed by atoms with Crippen LogP contribution in [-0.2, 0) is 6.42 Å². The van der Waals surface area contributed by atoms with E-state index in [-0.39, 0.29) is 11.5 Å². The first-order valence-electron chi connectivity index (χ1n) is 6.11. The van der Waals surface area contributed by atoms with E-state index in [1.54, 1.807) is 12.1 Å². The maximum absolute atomic E-state index is 13.7. The van der Waals surface area contributed by atoms with Gasteiger partial charge in [0.1, 0.15) is 5.82 Å². The molecule has 0 spiro atoms. The minimum Gasteiger partial charge on any atom is -0.398 e. The van der Waals surface area contributed by atoms with E-state index in [0.29, 0.717) is 17.4 Å². The molecule has 0 saturated heterocycles. The van der Waals surface area contributed by atoms with Crippen LogP contribution < -0.4 is 5.73 Å². The molecule has 0 radical (unpaired) electrons. The van der Waals surface area contributed by atoms with Gasteiger partial charge in [0.15, 0.2) is 5.82 Å². The second kappa shape index (κ2) is 4.40. The Labute approximate surface area is 104 Å². The lowest BCUT2D eigenvalue weighted by Gasteiger charge is -2.23. The van der Waals surface area contributed by atoms with E-state index in [2.05, 4.69) is 10.1 Å². The molecule has 0 unspecified atom stereocenters. The summed E-state index contributed by atoms with van der Waals surface area (Å²) in [5.41, 5.74) is 6.25. The van der Waals surface area contributed by atoms with Gasteiger partial charge in [-0.1, -0.05) is 30.5 Å². The molecular weight excluding hydrogens is 233 g/mol. The Morgan fingerprint density at radius 3 is 2.89 bits per heavy atom. The lowest BCUT2D eigenvalue weighted by molar-refractivity contribution is 0.304. The normalized spacial score (nSPS) is 15.6. The highest BCUT2D eigenvalue weighted by Crippen LogP contribution is 2.31. The van der Waals surface area contributed by atoms with E-state index in [9.17, 15) is 4.39 Å². The van der Waals surface area contributed by atoms with Crippen molar-refractivity contribution in [1.29, 1.82) is 0 Å². The first-order chi connectivity index (χ1) is 8.74. The van der Waals surface area contributed by atoms with Gasteiger partial charge in [-0.05, 0) is 18.1 Å². The van der Waals surface area contributed by atoms with Crippen LogP contribution in [0.3, 0.4) is 0 Å². The Hall–Kier alpha value is -1.91. The molecule has 5 heteroatoms. The van der Waals surface area contributed by atoms with Crippen LogP contribution in [0.4, 0.5) is 10.1 Å². The van der Waals surface area contributed by atoms with Crippen LogP contribution in [0, 0.1) is 11.7 Å². The standard InChI is InChI=1S/C13H14FN3O/c14-9-5-2-6-10(15)12(9)13-16-11(17-18-13)7-8-3-1-4-8/h2,5-6,8H,1,3-4,7,15H2. The number of halogens is 1. The molecule has 0 aliphatic heterocycles. The van der Waals surface area contributed by atoms with Crippen molar-refractivity contribution in [3.05, 3.63) is 29.8 Å². The van der Waals surface area contributed by atoms with Crippen molar-refractivity contribution in [2.45, 2.75) is 25.7 Å². The van der Waals surface area contributed by atoms with Crippen LogP contribution in [0.1, 0.15) is 25.1 Å². The van der Waals surface area contributed by atoms with Gasteiger partial charge in [-0.2, -0.15) is 4.98 Å². The topological polar surface area (TPSA) is 64.9 Å². The zero-order valence-electron chi connectivity index (χ0n) is 9.90. The Balaban J connectivity index is 1.87. The van der Waals surface area contributed by atoms with Gasteiger partial charge >= 0.3 is 0 Å². The molecule has 0 bridgehead atoms. The third-order valence-electron chi connectivity index (χ3n) is 3.42. The zero-order chi connectivity index (χ0) is 12.5. The number of nitrogens with zero attached hydrogens (tertiary/aromatic N) is 2. The maximum Gasteiger partial charge on any atom is 0.263 e. The molecule has 4 nitrogen and oxygen atoms in total. The van der Waals surface area contributed by atoms with E-state index in [0.717, 1.165) is 6.42 Å². The monoisotopic (exact) mass is 247 g/mol. The number of benzene rings is 1. The first-order valence-corrected chi connectivity index (χ1v) is 6.11. The zero-order valence-corrected chi connectivity index (χ0v) is 9.90. The molecule has 1 aromatic heterocycles. The number of anilines is 1. The molecule has 1 heterocycles. The van der Waals surface area contributed by atoms with E-state index in [1.807, 2.05) is 0 Å². The molecule has 0 atom stereocenters. The molecule has 0 amide bonds. The Kier molecular flexibility index (Phi) is 2.74. The number of aromatic nitrogens is 2. The Bertz CT molecular complexity index is 543. The van der Waals surface area contributed by atoms with E-state index in [4.69, 9.17) is 10.3 Å². The molecule has 18 heavy (non-hydrogen) atoms. The smallest absolute Gasteiger partial charge is 0.263 e. The number of nitrogen functional groups attached to an aromatic ring is 1. The number of hydrogen-bond donors (Lipinski definition) is 1. The van der Waals surface area contributed by atoms with Crippen molar-refractivity contribution in [3.63, 3.8) is 0 Å². The summed E-state index contributed by atoms with van der Waals surface area (Å²) in [6.07, 6.45) is 4.50. The van der Waals surface area contributed by atoms with Crippen molar-refractivity contribution in [3.8, 4) is 11.5 Å². The Morgan fingerprint density at radius 2 is 2.22 bits per heavy atom. The highest BCUT2D eigenvalue weighted by molar-refractivity contribution is 5.70. The van der Waals surface area contributed by atoms with E-state index >= 15 is 0 Å². The third-order valence-corrected chi connectivity index (χ3v) is 3.42. The Morgan fingerprint density at radius 1 is 1.39 bits per heavy atom. The van der Waals surface area contributed by atoms with Crippen LogP contribution >= 0.6 is 0 Å². The SMILES string of the molecule is Nc1cccc(F)c1-c1nc(CC2CCC2)no1. The van der Waals surface area contributed by atoms with Gasteiger partial charge in [0.05, 0.1) is 5.56 Å². The van der Waals surface area contributed by atoms with Crippen molar-refractivity contribution in [1.82, 2.24) is 10.1 Å². The van der Waals surface area contributed by atoms with E-state index < -0.39 is 5.82 Å². The molecular formula is C13H14FN3O. The third kappa shape index (κ3) is 1.96. The number of hydrogen-bond acceptors (Lipinski definition) is 4. The van der Waals surface area contributed by atoms with Crippen LogP contribution in [0.15, 0.2) is 22.7 Å². The van der Waals surface area contributed by atoms with Crippen LogP contribution in [-0.4, -0.2) is 10.1 Å². The summed E-state index contributed by atoms with van der Waals surface area (Å²) in [5, 5.41) is 3.89. The fourth-order valence-corrected chi connectivity index (χ4v) is 2.16. The van der Waals surface area contributed by atoms with Crippen molar-refractivity contribution in [2.24, 2.45) is 5.92 Å². The quantitative estimate of drug-likeness (QED) is 0.847. The summed E-state index contributed by atoms with van der Waals surface area (Å²) in [6.45, 7) is 0. The maximum atomic E-state index is 13.7. The van der Waals surface area contributed by atoms with Gasteiger partial charge in [0.25, 0.3) is 5.89 Å². The molecule has 1 aliphatic rings. The fourth-order valence-electron chi connectivity index (χ4n) is 2.16. The van der Waals surface area contributed by atoms with Crippen LogP contribution in [0.2, 0.25) is 0 Å². The summed E-state index contributed by atoms with van der Waals surface area (Å²) in [7, 11) is 0. The molecule has 1 aliphatic carbocycles. The second-order valence-electron chi connectivity index (χ2n) is 4.72. The van der Waals surface area contributed by atoms with Crippen molar-refractivity contribution in [2.75, 3.05) is 5.73 Å². The largest absolute Gasteiger partial charge is 0.398 e. The van der Waals surface area contributed by atoms with Gasteiger partial charge in [-0.3, -0.25) is 0 Å². The molecule has 3 rings (SSSR count). The molecule has 1 saturated carbocycles. The predicted molar refractivity (Wildman–Crippen MR) is 65.1 cm³/mol. The molecule has 2 N–H and O–H groups in total. The minimum atomic E-state index is -0.436. The number of rotatable bonds is 3. The summed E-state index contributed by atoms with van der Waals surface area (Å²) in [6, 6.07) is 4.51. The van der Waals surface area contributed by atoms with Gasteiger partial charge in [-0.15, -0.1) is 0 Å². The van der Waals surface area contributed by atoms with E-state index in [1.165, 1.54) is 25.3 Å². The lowest BCUT2D eigenvalue weighted by Crippen LogP contribution is -2.14. The first kappa shape index (κ1) is 11.2. The highest BCUT2D eigenvalue weighted by Gasteiger charge is 2.22. The van der Waals surface area contributed by atoms with Crippen molar-refractivity contribution < 1.29 is 8.91 Å². The lowest BCUT2D eigenvalue weighted by atomic mass is 9.83. The van der Waals surface area contributed by atoms with Crippen molar-refractivity contribution >= 4 is 5.69 Å². The second-order valence-corrected chi connectivity index (χ2v) is 4.72. The minimum absolute atomic E-state index is 0.167. The van der Waals surface area contributed by atoms with Gasteiger partial charge < -0.3 is 10.3 Å². The molecule has 1 aromatic carbocycles. The summed E-state index contributed by atoms with van der Waals surface area (Å²) >= 11 is 0. The van der Waals surface area contributed by atoms with Crippen LogP contribution in [0.5, 0.6) is 0 Å². The summed E-state index contributed by atoms with van der Waals surface area (Å²) in [5.74, 6) is 1.01. The van der Waals surface area contributed by atoms with Gasteiger partial charge in [0, 0.05) is 12.1 Å². The van der Waals surface area contributed by atoms with Gasteiger partial charge in [0.2, 0.25) is 0 Å². The molecule has 2 aromatic rings. The summed E-state index contributed by atoms with van der Waals surface area (Å²) < 4.78 is 18.8. The summed E-state index contributed by atoms with van der Waals surface area (Å²) in [4.78, 5) is 4.23. The molecule has 94 valence electrons. The fraction of sp³-hybridized carbons (Fsp3) is 0.385. The average molecular weight is 247 g/mol. The molecule has 1 fully saturated rings. The van der Waals surface area contributed by atoms with Gasteiger partial charge in [-0.25, -0.2) is 4.39 Å². The predicted octanol–water partition coefficient (Wildman–Crippen LogP) is 2.80. The average Bonchev–Trinajstić information content (AvgIpc) is 2.72. The number of nitrogens with two attached hydrogens (primary N) is 1. The highest BCUT2D eigenvalue weighted by atomic mass is 19.1. The van der Waals surface area contributed by atoms with Crippen LogP contribution in [0.25, 0.3) is 11.5 Å².